The molecule has 1 aromatic carbocycles. The quantitative estimate of drug-likeness (QED) is 0.841. The molecule has 5 heteroatoms. The van der Waals surface area contributed by atoms with Crippen molar-refractivity contribution in [3.63, 3.8) is 0 Å². The van der Waals surface area contributed by atoms with Crippen LogP contribution >= 0.6 is 0 Å². The highest BCUT2D eigenvalue weighted by atomic mass is 32.2. The zero-order chi connectivity index (χ0) is 15.9. The summed E-state index contributed by atoms with van der Waals surface area (Å²) in [7, 11) is -3.54. The fourth-order valence-electron chi connectivity index (χ4n) is 4.14. The molecule has 0 aromatic heterocycles. The molecule has 0 spiro atoms. The minimum atomic E-state index is -3.54. The highest BCUT2D eigenvalue weighted by Gasteiger charge is 2.46. The smallest absolute Gasteiger partial charge is 0.207 e. The van der Waals surface area contributed by atoms with E-state index < -0.39 is 10.0 Å². The Labute approximate surface area is 132 Å². The van der Waals surface area contributed by atoms with Crippen LogP contribution in [0.5, 0.6) is 0 Å². The third kappa shape index (κ3) is 2.45. The lowest BCUT2D eigenvalue weighted by Crippen LogP contribution is -2.42. The van der Waals surface area contributed by atoms with E-state index in [4.69, 9.17) is 5.26 Å². The number of benzene rings is 1. The second kappa shape index (κ2) is 5.68. The van der Waals surface area contributed by atoms with Gasteiger partial charge >= 0.3 is 0 Å². The first-order valence-corrected chi connectivity index (χ1v) is 9.43. The molecule has 3 rings (SSSR count). The fraction of sp³-hybridized carbons (Fsp3) is 0.588. The summed E-state index contributed by atoms with van der Waals surface area (Å²) >= 11 is 0. The van der Waals surface area contributed by atoms with Crippen LogP contribution in [0.2, 0.25) is 0 Å². The van der Waals surface area contributed by atoms with E-state index in [9.17, 15) is 8.42 Å². The molecular weight excluding hydrogens is 296 g/mol. The van der Waals surface area contributed by atoms with E-state index in [1.165, 1.54) is 12.5 Å². The molecule has 0 radical (unpaired) electrons. The molecule has 2 fully saturated rings. The Morgan fingerprint density at radius 2 is 2.00 bits per heavy atom. The number of hydrogen-bond donors (Lipinski definition) is 0. The van der Waals surface area contributed by atoms with Gasteiger partial charge in [-0.2, -0.15) is 9.57 Å². The van der Waals surface area contributed by atoms with Gasteiger partial charge in [-0.3, -0.25) is 0 Å². The van der Waals surface area contributed by atoms with Crippen molar-refractivity contribution in [3.05, 3.63) is 29.3 Å². The maximum absolute atomic E-state index is 13.2. The van der Waals surface area contributed by atoms with Gasteiger partial charge in [0.25, 0.3) is 0 Å². The summed E-state index contributed by atoms with van der Waals surface area (Å²) in [5.74, 6) is 0.498. The lowest BCUT2D eigenvalue weighted by molar-refractivity contribution is 0.248. The van der Waals surface area contributed by atoms with E-state index in [0.717, 1.165) is 25.7 Å². The Bertz CT molecular complexity index is 721. The Morgan fingerprint density at radius 3 is 2.73 bits per heavy atom. The van der Waals surface area contributed by atoms with Crippen molar-refractivity contribution in [2.75, 3.05) is 0 Å². The first-order valence-electron chi connectivity index (χ1n) is 7.99. The number of nitriles is 1. The Kier molecular flexibility index (Phi) is 4.00. The van der Waals surface area contributed by atoms with E-state index in [1.54, 1.807) is 23.4 Å². The highest BCUT2D eigenvalue weighted by Crippen LogP contribution is 2.42. The largest absolute Gasteiger partial charge is 0.243 e. The van der Waals surface area contributed by atoms with Gasteiger partial charge in [0.15, 0.2) is 0 Å². The first kappa shape index (κ1) is 15.5. The predicted molar refractivity (Wildman–Crippen MR) is 84.7 cm³/mol. The number of sulfonamides is 1. The molecular formula is C17H22N2O2S. The van der Waals surface area contributed by atoms with Crippen molar-refractivity contribution in [3.8, 4) is 6.07 Å². The van der Waals surface area contributed by atoms with Crippen LogP contribution in [0.25, 0.3) is 0 Å². The van der Waals surface area contributed by atoms with Crippen molar-refractivity contribution in [2.45, 2.75) is 62.9 Å². The maximum atomic E-state index is 13.2. The number of nitrogens with zero attached hydrogens (tertiary/aromatic N) is 2. The van der Waals surface area contributed by atoms with Crippen molar-refractivity contribution in [2.24, 2.45) is 5.92 Å². The normalized spacial score (nSPS) is 29.0. The molecule has 1 heterocycles. The molecule has 0 amide bonds. The molecule has 4 nitrogen and oxygen atoms in total. The summed E-state index contributed by atoms with van der Waals surface area (Å²) in [5, 5.41) is 9.06. The Balaban J connectivity index is 2.04. The minimum absolute atomic E-state index is 0.0447. The van der Waals surface area contributed by atoms with Gasteiger partial charge in [0, 0.05) is 12.1 Å². The Morgan fingerprint density at radius 1 is 1.27 bits per heavy atom. The molecule has 1 aromatic rings. The van der Waals surface area contributed by atoms with E-state index in [-0.39, 0.29) is 12.1 Å². The highest BCUT2D eigenvalue weighted by molar-refractivity contribution is 7.89. The maximum Gasteiger partial charge on any atom is 0.243 e. The van der Waals surface area contributed by atoms with Crippen LogP contribution in [0, 0.1) is 24.2 Å². The molecule has 3 atom stereocenters. The molecule has 1 saturated heterocycles. The van der Waals surface area contributed by atoms with E-state index >= 15 is 0 Å². The fourth-order valence-corrected chi connectivity index (χ4v) is 6.32. The summed E-state index contributed by atoms with van der Waals surface area (Å²) in [4.78, 5) is 0.296. The van der Waals surface area contributed by atoms with Gasteiger partial charge in [0.1, 0.15) is 0 Å². The van der Waals surface area contributed by atoms with E-state index in [2.05, 4.69) is 0 Å². The second-order valence-corrected chi connectivity index (χ2v) is 8.44. The minimum Gasteiger partial charge on any atom is -0.207 e. The number of fused-ring (bicyclic) bond motifs is 1. The standard InChI is InChI=1S/C17H22N2O2S/c1-12-7-8-14(11-18)10-17(12)22(20,21)19-13(2)9-15-5-3-4-6-16(15)19/h7-8,10,13,15-16H,3-6,9H2,1-2H3/t13-,15-,16-/m1/s1. The molecule has 0 unspecified atom stereocenters. The number of hydrogen-bond acceptors (Lipinski definition) is 3. The van der Waals surface area contributed by atoms with Crippen molar-refractivity contribution >= 4 is 10.0 Å². The van der Waals surface area contributed by atoms with Crippen LogP contribution in [0.4, 0.5) is 0 Å². The molecule has 0 N–H and O–H groups in total. The summed E-state index contributed by atoms with van der Waals surface area (Å²) in [5.41, 5.74) is 1.11. The number of rotatable bonds is 2. The van der Waals surface area contributed by atoms with Gasteiger partial charge in [-0.25, -0.2) is 8.42 Å². The summed E-state index contributed by atoms with van der Waals surface area (Å²) in [6.45, 7) is 3.81. The lowest BCUT2D eigenvalue weighted by Gasteiger charge is -2.32. The van der Waals surface area contributed by atoms with Gasteiger partial charge in [-0.15, -0.1) is 0 Å². The zero-order valence-corrected chi connectivity index (χ0v) is 13.9. The van der Waals surface area contributed by atoms with Gasteiger partial charge in [-0.1, -0.05) is 18.9 Å². The summed E-state index contributed by atoms with van der Waals surface area (Å²) < 4.78 is 28.1. The average molecular weight is 318 g/mol. The monoisotopic (exact) mass is 318 g/mol. The van der Waals surface area contributed by atoms with E-state index in [1.807, 2.05) is 13.0 Å². The molecule has 1 aliphatic heterocycles. The predicted octanol–water partition coefficient (Wildman–Crippen LogP) is 3.21. The average Bonchev–Trinajstić information content (AvgIpc) is 2.84. The first-order chi connectivity index (χ1) is 10.4. The second-order valence-electron chi connectivity index (χ2n) is 6.62. The molecule has 2 aliphatic rings. The van der Waals surface area contributed by atoms with Crippen LogP contribution < -0.4 is 0 Å². The van der Waals surface area contributed by atoms with Crippen molar-refractivity contribution < 1.29 is 8.42 Å². The van der Waals surface area contributed by atoms with Gasteiger partial charge < -0.3 is 0 Å². The third-order valence-corrected chi connectivity index (χ3v) is 7.33. The van der Waals surface area contributed by atoms with Crippen LogP contribution in [0.1, 0.15) is 50.2 Å². The van der Waals surface area contributed by atoms with Gasteiger partial charge in [-0.05, 0) is 56.7 Å². The Hall–Kier alpha value is -1.38. The van der Waals surface area contributed by atoms with E-state index in [0.29, 0.717) is 21.9 Å². The van der Waals surface area contributed by atoms with Gasteiger partial charge in [0.05, 0.1) is 16.5 Å². The lowest BCUT2D eigenvalue weighted by atomic mass is 9.85. The van der Waals surface area contributed by atoms with Crippen LogP contribution in [0.3, 0.4) is 0 Å². The molecule has 1 saturated carbocycles. The molecule has 1 aliphatic carbocycles. The topological polar surface area (TPSA) is 61.2 Å². The van der Waals surface area contributed by atoms with Crippen molar-refractivity contribution in [1.29, 1.82) is 5.26 Å². The number of aryl methyl sites for hydroxylation is 1. The molecule has 0 bridgehead atoms. The van der Waals surface area contributed by atoms with Gasteiger partial charge in [0.2, 0.25) is 10.0 Å². The SMILES string of the molecule is Cc1ccc(C#N)cc1S(=O)(=O)N1[C@H](C)C[C@H]2CCCC[C@H]21. The summed E-state index contributed by atoms with van der Waals surface area (Å²) in [6, 6.07) is 7.14. The molecule has 22 heavy (non-hydrogen) atoms. The zero-order valence-electron chi connectivity index (χ0n) is 13.1. The summed E-state index contributed by atoms with van der Waals surface area (Å²) in [6.07, 6.45) is 5.38. The van der Waals surface area contributed by atoms with Crippen LogP contribution in [-0.2, 0) is 10.0 Å². The molecule has 118 valence electrons. The van der Waals surface area contributed by atoms with Crippen LogP contribution in [0.15, 0.2) is 23.1 Å². The van der Waals surface area contributed by atoms with Crippen LogP contribution in [-0.4, -0.2) is 24.8 Å². The third-order valence-electron chi connectivity index (χ3n) is 5.15. The van der Waals surface area contributed by atoms with Crippen molar-refractivity contribution in [1.82, 2.24) is 4.31 Å².